The summed E-state index contributed by atoms with van der Waals surface area (Å²) < 4.78 is 11.5. The molecule has 0 aliphatic heterocycles. The molecule has 2 aromatic carbocycles. The highest BCUT2D eigenvalue weighted by atomic mass is 79.9. The molecule has 0 bridgehead atoms. The largest absolute Gasteiger partial charge is 0.494 e. The minimum absolute atomic E-state index is 0.231. The lowest BCUT2D eigenvalue weighted by Gasteiger charge is -2.08. The van der Waals surface area contributed by atoms with Gasteiger partial charge in [0, 0.05) is 4.47 Å². The van der Waals surface area contributed by atoms with E-state index in [1.165, 1.54) is 0 Å². The van der Waals surface area contributed by atoms with Crippen molar-refractivity contribution < 1.29 is 19.1 Å². The molecule has 0 aliphatic carbocycles. The van der Waals surface area contributed by atoms with Gasteiger partial charge in [-0.25, -0.2) is 4.79 Å². The van der Waals surface area contributed by atoms with Crippen LogP contribution in [0.5, 0.6) is 11.5 Å². The van der Waals surface area contributed by atoms with Gasteiger partial charge in [-0.05, 0) is 48.9 Å². The number of benzene rings is 2. The van der Waals surface area contributed by atoms with Crippen molar-refractivity contribution in [3.05, 3.63) is 58.1 Å². The average Bonchev–Trinajstić information content (AvgIpc) is 2.54. The molecule has 22 heavy (non-hydrogen) atoms. The number of rotatable bonds is 6. The second kappa shape index (κ2) is 7.75. The molecule has 0 atom stereocenters. The van der Waals surface area contributed by atoms with Crippen LogP contribution in [0.4, 0.5) is 0 Å². The fraction of sp³-hybridized carbons (Fsp3) is 0.176. The average molecular weight is 363 g/mol. The molecule has 2 aromatic rings. The molecule has 0 unspecified atom stereocenters. The van der Waals surface area contributed by atoms with Crippen LogP contribution in [0.1, 0.15) is 34.1 Å². The number of hydrogen-bond donors (Lipinski definition) is 0. The van der Waals surface area contributed by atoms with Gasteiger partial charge in [0.1, 0.15) is 11.5 Å². The normalized spacial score (nSPS) is 10.1. The van der Waals surface area contributed by atoms with Gasteiger partial charge >= 0.3 is 5.97 Å². The number of ether oxygens (including phenoxy) is 2. The van der Waals surface area contributed by atoms with Gasteiger partial charge in [0.25, 0.3) is 0 Å². The van der Waals surface area contributed by atoms with Crippen LogP contribution in [0.2, 0.25) is 0 Å². The Morgan fingerprint density at radius 2 is 1.91 bits per heavy atom. The van der Waals surface area contributed by atoms with Gasteiger partial charge in [-0.1, -0.05) is 22.9 Å². The molecular weight excluding hydrogens is 348 g/mol. The van der Waals surface area contributed by atoms with Crippen LogP contribution >= 0.6 is 15.9 Å². The van der Waals surface area contributed by atoms with Gasteiger partial charge in [-0.3, -0.25) is 4.79 Å². The van der Waals surface area contributed by atoms with E-state index >= 15 is 0 Å². The SMILES string of the molecule is CCCOc1ccc(C(=O)Oc2ccc(Br)cc2C=O)cc1. The summed E-state index contributed by atoms with van der Waals surface area (Å²) in [5.74, 6) is 0.414. The molecular formula is C17H15BrO4. The first-order valence-corrected chi connectivity index (χ1v) is 7.63. The minimum atomic E-state index is -0.521. The van der Waals surface area contributed by atoms with Crippen LogP contribution in [0, 0.1) is 0 Å². The summed E-state index contributed by atoms with van der Waals surface area (Å²) in [6, 6.07) is 11.6. The topological polar surface area (TPSA) is 52.6 Å². The first-order chi connectivity index (χ1) is 10.6. The van der Waals surface area contributed by atoms with Crippen LogP contribution in [0.15, 0.2) is 46.9 Å². The molecule has 0 N–H and O–H groups in total. The molecule has 0 heterocycles. The van der Waals surface area contributed by atoms with Gasteiger partial charge in [0.15, 0.2) is 6.29 Å². The first kappa shape index (κ1) is 16.2. The van der Waals surface area contributed by atoms with Crippen LogP contribution in [0.25, 0.3) is 0 Å². The maximum Gasteiger partial charge on any atom is 0.343 e. The molecule has 0 aromatic heterocycles. The predicted octanol–water partition coefficient (Wildman–Crippen LogP) is 4.27. The Morgan fingerprint density at radius 3 is 2.55 bits per heavy atom. The molecule has 0 saturated heterocycles. The lowest BCUT2D eigenvalue weighted by molar-refractivity contribution is 0.0733. The monoisotopic (exact) mass is 362 g/mol. The molecule has 0 radical (unpaired) electrons. The van der Waals surface area contributed by atoms with Crippen molar-refractivity contribution in [1.29, 1.82) is 0 Å². The van der Waals surface area contributed by atoms with E-state index in [-0.39, 0.29) is 5.75 Å². The van der Waals surface area contributed by atoms with Crippen molar-refractivity contribution in [3.63, 3.8) is 0 Å². The zero-order valence-corrected chi connectivity index (χ0v) is 13.6. The smallest absolute Gasteiger partial charge is 0.343 e. The standard InChI is InChI=1S/C17H15BrO4/c1-2-9-21-15-6-3-12(4-7-15)17(20)22-16-8-5-14(18)10-13(16)11-19/h3-8,10-11H,2,9H2,1H3. The summed E-state index contributed by atoms with van der Waals surface area (Å²) in [5.41, 5.74) is 0.703. The van der Waals surface area contributed by atoms with Crippen molar-refractivity contribution in [2.24, 2.45) is 0 Å². The Balaban J connectivity index is 2.10. The van der Waals surface area contributed by atoms with Crippen molar-refractivity contribution in [2.45, 2.75) is 13.3 Å². The first-order valence-electron chi connectivity index (χ1n) is 6.84. The zero-order chi connectivity index (χ0) is 15.9. The molecule has 4 nitrogen and oxygen atoms in total. The maximum atomic E-state index is 12.1. The van der Waals surface area contributed by atoms with E-state index in [2.05, 4.69) is 15.9 Å². The van der Waals surface area contributed by atoms with Gasteiger partial charge in [-0.15, -0.1) is 0 Å². The Labute approximate surface area is 137 Å². The lowest BCUT2D eigenvalue weighted by atomic mass is 10.2. The minimum Gasteiger partial charge on any atom is -0.494 e. The van der Waals surface area contributed by atoms with Crippen LogP contribution in [-0.2, 0) is 0 Å². The summed E-state index contributed by atoms with van der Waals surface area (Å²) in [5, 5.41) is 0. The van der Waals surface area contributed by atoms with Crippen LogP contribution in [0.3, 0.4) is 0 Å². The molecule has 0 fully saturated rings. The Bertz CT molecular complexity index is 665. The predicted molar refractivity (Wildman–Crippen MR) is 86.7 cm³/mol. The third-order valence-electron chi connectivity index (χ3n) is 2.86. The van der Waals surface area contributed by atoms with Gasteiger partial charge in [0.05, 0.1) is 17.7 Å². The van der Waals surface area contributed by atoms with Gasteiger partial charge < -0.3 is 9.47 Å². The third-order valence-corrected chi connectivity index (χ3v) is 3.36. The number of halogens is 1. The van der Waals surface area contributed by atoms with E-state index in [4.69, 9.17) is 9.47 Å². The van der Waals surface area contributed by atoms with E-state index in [9.17, 15) is 9.59 Å². The summed E-state index contributed by atoms with van der Waals surface area (Å²) in [6.45, 7) is 2.65. The zero-order valence-electron chi connectivity index (χ0n) is 12.0. The molecule has 0 saturated carbocycles. The molecule has 114 valence electrons. The van der Waals surface area contributed by atoms with E-state index in [0.717, 1.165) is 10.9 Å². The highest BCUT2D eigenvalue weighted by Gasteiger charge is 2.12. The molecule has 2 rings (SSSR count). The van der Waals surface area contributed by atoms with Crippen molar-refractivity contribution in [1.82, 2.24) is 0 Å². The highest BCUT2D eigenvalue weighted by molar-refractivity contribution is 9.10. The second-order valence-corrected chi connectivity index (χ2v) is 5.48. The van der Waals surface area contributed by atoms with E-state index in [1.54, 1.807) is 42.5 Å². The van der Waals surface area contributed by atoms with Gasteiger partial charge in [0.2, 0.25) is 0 Å². The van der Waals surface area contributed by atoms with Gasteiger partial charge in [-0.2, -0.15) is 0 Å². The van der Waals surface area contributed by atoms with Crippen LogP contribution < -0.4 is 9.47 Å². The van der Waals surface area contributed by atoms with E-state index < -0.39 is 5.97 Å². The number of carbonyl (C=O) groups excluding carboxylic acids is 2. The number of carbonyl (C=O) groups is 2. The van der Waals surface area contributed by atoms with Crippen molar-refractivity contribution in [3.8, 4) is 11.5 Å². The molecule has 5 heteroatoms. The Morgan fingerprint density at radius 1 is 1.18 bits per heavy atom. The molecule has 0 spiro atoms. The lowest BCUT2D eigenvalue weighted by Crippen LogP contribution is -2.09. The molecule has 0 amide bonds. The van der Waals surface area contributed by atoms with E-state index in [0.29, 0.717) is 29.8 Å². The number of aldehydes is 1. The Hall–Kier alpha value is -2.14. The fourth-order valence-corrected chi connectivity index (χ4v) is 2.15. The second-order valence-electron chi connectivity index (χ2n) is 4.56. The van der Waals surface area contributed by atoms with Crippen molar-refractivity contribution in [2.75, 3.05) is 6.61 Å². The summed E-state index contributed by atoms with van der Waals surface area (Å²) in [4.78, 5) is 23.1. The summed E-state index contributed by atoms with van der Waals surface area (Å²) in [7, 11) is 0. The maximum absolute atomic E-state index is 12.1. The highest BCUT2D eigenvalue weighted by Crippen LogP contribution is 2.23. The van der Waals surface area contributed by atoms with Crippen molar-refractivity contribution >= 4 is 28.2 Å². The fourth-order valence-electron chi connectivity index (χ4n) is 1.77. The molecule has 0 aliphatic rings. The quantitative estimate of drug-likeness (QED) is 0.437. The van der Waals surface area contributed by atoms with Crippen LogP contribution in [-0.4, -0.2) is 18.9 Å². The summed E-state index contributed by atoms with van der Waals surface area (Å²) >= 11 is 3.26. The van der Waals surface area contributed by atoms with E-state index in [1.807, 2.05) is 6.92 Å². The third kappa shape index (κ3) is 4.18. The Kier molecular flexibility index (Phi) is 5.72. The summed E-state index contributed by atoms with van der Waals surface area (Å²) in [6.07, 6.45) is 1.57. The number of esters is 1. The number of hydrogen-bond acceptors (Lipinski definition) is 4.